The molecule has 1 aliphatic heterocycles. The van der Waals surface area contributed by atoms with Gasteiger partial charge in [0.05, 0.1) is 11.8 Å². The molecular weight excluding hydrogens is 426 g/mol. The van der Waals surface area contributed by atoms with Crippen molar-refractivity contribution in [3.63, 3.8) is 0 Å². The quantitative estimate of drug-likeness (QED) is 0.614. The average molecular weight is 455 g/mol. The van der Waals surface area contributed by atoms with Crippen molar-refractivity contribution >= 4 is 17.3 Å². The van der Waals surface area contributed by atoms with Gasteiger partial charge in [0.1, 0.15) is 18.0 Å². The molecule has 2 aromatic carbocycles. The van der Waals surface area contributed by atoms with Gasteiger partial charge in [-0.1, -0.05) is 0 Å². The summed E-state index contributed by atoms with van der Waals surface area (Å²) >= 11 is 0. The van der Waals surface area contributed by atoms with Crippen molar-refractivity contribution in [2.45, 2.75) is 38.3 Å². The summed E-state index contributed by atoms with van der Waals surface area (Å²) in [6.07, 6.45) is 4.33. The zero-order valence-electron chi connectivity index (χ0n) is 18.6. The smallest absolute Gasteiger partial charge is 0.246 e. The first-order valence-corrected chi connectivity index (χ1v) is 11.4. The molecule has 0 amide bonds. The number of halogens is 2. The van der Waals surface area contributed by atoms with E-state index in [1.165, 1.54) is 23.1 Å². The van der Waals surface area contributed by atoms with E-state index in [4.69, 9.17) is 0 Å². The van der Waals surface area contributed by atoms with Crippen molar-refractivity contribution in [1.29, 1.82) is 0 Å². The minimum Gasteiger partial charge on any atom is -0.391 e. The molecule has 7 nitrogen and oxygen atoms in total. The topological polar surface area (TPSA) is 69.5 Å². The predicted molar refractivity (Wildman–Crippen MR) is 123 cm³/mol. The Morgan fingerprint density at radius 3 is 2.39 bits per heavy atom. The van der Waals surface area contributed by atoms with Gasteiger partial charge in [0.25, 0.3) is 0 Å². The van der Waals surface area contributed by atoms with E-state index < -0.39 is 11.6 Å². The normalized spacial score (nSPS) is 21.5. The van der Waals surface area contributed by atoms with Gasteiger partial charge in [-0.15, -0.1) is 5.10 Å². The van der Waals surface area contributed by atoms with Gasteiger partial charge >= 0.3 is 0 Å². The highest BCUT2D eigenvalue weighted by molar-refractivity contribution is 5.64. The number of aliphatic hydroxyl groups is 1. The Morgan fingerprint density at radius 1 is 0.939 bits per heavy atom. The fourth-order valence-electron chi connectivity index (χ4n) is 4.92. The number of nitrogens with one attached hydrogen (secondary N) is 1. The Balaban J connectivity index is 1.27. The molecule has 0 bridgehead atoms. The SMILES string of the molecule is Cc1cc(Nc2ncn(-c3cc(F)cc(F)c3)n2)cc(N2CCN(C3CCCC3O)CC2)c1. The molecule has 2 unspecified atom stereocenters. The molecule has 1 saturated heterocycles. The number of aromatic nitrogens is 3. The van der Waals surface area contributed by atoms with E-state index in [0.29, 0.717) is 12.0 Å². The molecule has 0 radical (unpaired) electrons. The molecule has 3 aromatic rings. The van der Waals surface area contributed by atoms with Crippen LogP contribution >= 0.6 is 0 Å². The number of hydrogen-bond acceptors (Lipinski definition) is 6. The largest absolute Gasteiger partial charge is 0.391 e. The molecule has 2 aliphatic rings. The third kappa shape index (κ3) is 4.84. The molecule has 1 saturated carbocycles. The van der Waals surface area contributed by atoms with E-state index in [9.17, 15) is 13.9 Å². The van der Waals surface area contributed by atoms with Gasteiger partial charge in [-0.25, -0.2) is 13.5 Å². The highest BCUT2D eigenvalue weighted by Gasteiger charge is 2.32. The molecule has 2 N–H and O–H groups in total. The summed E-state index contributed by atoms with van der Waals surface area (Å²) in [7, 11) is 0. The zero-order chi connectivity index (χ0) is 22.9. The maximum Gasteiger partial charge on any atom is 0.246 e. The molecule has 33 heavy (non-hydrogen) atoms. The van der Waals surface area contributed by atoms with E-state index in [0.717, 1.165) is 68.4 Å². The van der Waals surface area contributed by atoms with Crippen LogP contribution in [0.4, 0.5) is 26.1 Å². The maximum absolute atomic E-state index is 13.5. The fourth-order valence-corrected chi connectivity index (χ4v) is 4.92. The predicted octanol–water partition coefficient (Wildman–Crippen LogP) is 3.63. The van der Waals surface area contributed by atoms with Gasteiger partial charge in [0.2, 0.25) is 5.95 Å². The first-order chi connectivity index (χ1) is 15.9. The lowest BCUT2D eigenvalue weighted by Gasteiger charge is -2.40. The lowest BCUT2D eigenvalue weighted by Crippen LogP contribution is -2.52. The van der Waals surface area contributed by atoms with Crippen molar-refractivity contribution in [3.05, 3.63) is 59.9 Å². The number of aryl methyl sites for hydroxylation is 1. The molecule has 174 valence electrons. The van der Waals surface area contributed by atoms with Crippen LogP contribution in [-0.2, 0) is 0 Å². The van der Waals surface area contributed by atoms with Gasteiger partial charge in [0, 0.05) is 49.7 Å². The number of benzene rings is 2. The first kappa shape index (κ1) is 21.8. The maximum atomic E-state index is 13.5. The molecule has 2 atom stereocenters. The summed E-state index contributed by atoms with van der Waals surface area (Å²) in [6.45, 7) is 5.73. The number of anilines is 3. The van der Waals surface area contributed by atoms with Crippen LogP contribution in [0.25, 0.3) is 5.69 Å². The number of piperazine rings is 1. The number of rotatable bonds is 5. The Labute approximate surface area is 191 Å². The van der Waals surface area contributed by atoms with Gasteiger partial charge in [-0.05, 0) is 62.1 Å². The summed E-state index contributed by atoms with van der Waals surface area (Å²) in [5.74, 6) is -0.988. The van der Waals surface area contributed by atoms with Crippen LogP contribution in [-0.4, -0.2) is 63.1 Å². The standard InChI is InChI=1S/C24H28F2N6O/c1-16-9-19(28-24-27-15-32(29-24)21-12-17(25)11-18(26)13-21)14-20(10-16)30-5-7-31(8-6-30)22-3-2-4-23(22)33/h9-15,22-23,33H,2-8H2,1H3,(H,28,29). The number of aliphatic hydroxyl groups excluding tert-OH is 1. The highest BCUT2D eigenvalue weighted by Crippen LogP contribution is 2.28. The summed E-state index contributed by atoms with van der Waals surface area (Å²) in [4.78, 5) is 9.02. The molecule has 9 heteroatoms. The minimum atomic E-state index is -0.666. The fraction of sp³-hybridized carbons (Fsp3) is 0.417. The second-order valence-corrected chi connectivity index (χ2v) is 8.91. The first-order valence-electron chi connectivity index (χ1n) is 11.4. The second-order valence-electron chi connectivity index (χ2n) is 8.91. The van der Waals surface area contributed by atoms with Gasteiger partial charge < -0.3 is 15.3 Å². The zero-order valence-corrected chi connectivity index (χ0v) is 18.6. The molecule has 2 heterocycles. The minimum absolute atomic E-state index is 0.192. The van der Waals surface area contributed by atoms with Gasteiger partial charge in [-0.2, -0.15) is 4.98 Å². The van der Waals surface area contributed by atoms with Crippen LogP contribution in [0.2, 0.25) is 0 Å². The summed E-state index contributed by atoms with van der Waals surface area (Å²) in [5.41, 5.74) is 3.34. The Hall–Kier alpha value is -3.04. The second kappa shape index (κ2) is 9.07. The van der Waals surface area contributed by atoms with Crippen molar-refractivity contribution in [2.24, 2.45) is 0 Å². The van der Waals surface area contributed by atoms with Crippen LogP contribution in [0.15, 0.2) is 42.7 Å². The summed E-state index contributed by atoms with van der Waals surface area (Å²) in [5, 5.41) is 17.7. The lowest BCUT2D eigenvalue weighted by molar-refractivity contribution is 0.0671. The lowest BCUT2D eigenvalue weighted by atomic mass is 10.1. The average Bonchev–Trinajstić information content (AvgIpc) is 3.42. The molecule has 1 aromatic heterocycles. The van der Waals surface area contributed by atoms with Gasteiger partial charge in [0.15, 0.2) is 0 Å². The van der Waals surface area contributed by atoms with Crippen LogP contribution in [0, 0.1) is 18.6 Å². The Kier molecular flexibility index (Phi) is 5.99. The Morgan fingerprint density at radius 2 is 1.70 bits per heavy atom. The van der Waals surface area contributed by atoms with Crippen molar-refractivity contribution in [1.82, 2.24) is 19.7 Å². The third-order valence-electron chi connectivity index (χ3n) is 6.51. The number of hydrogen-bond donors (Lipinski definition) is 2. The van der Waals surface area contributed by atoms with E-state index in [2.05, 4.69) is 37.3 Å². The highest BCUT2D eigenvalue weighted by atomic mass is 19.1. The summed E-state index contributed by atoms with van der Waals surface area (Å²) in [6, 6.07) is 9.77. The molecule has 5 rings (SSSR count). The van der Waals surface area contributed by atoms with E-state index in [-0.39, 0.29) is 11.8 Å². The third-order valence-corrected chi connectivity index (χ3v) is 6.51. The monoisotopic (exact) mass is 454 g/mol. The van der Waals surface area contributed by atoms with E-state index in [1.807, 2.05) is 13.0 Å². The van der Waals surface area contributed by atoms with Crippen molar-refractivity contribution in [3.8, 4) is 5.69 Å². The number of nitrogens with zero attached hydrogens (tertiary/aromatic N) is 5. The molecule has 1 aliphatic carbocycles. The molecular formula is C24H28F2N6O. The van der Waals surface area contributed by atoms with Gasteiger partial charge in [-0.3, -0.25) is 4.90 Å². The molecule has 0 spiro atoms. The Bertz CT molecular complexity index is 1110. The summed E-state index contributed by atoms with van der Waals surface area (Å²) < 4.78 is 28.4. The van der Waals surface area contributed by atoms with E-state index >= 15 is 0 Å². The van der Waals surface area contributed by atoms with Crippen LogP contribution in [0.3, 0.4) is 0 Å². The molecule has 2 fully saturated rings. The van der Waals surface area contributed by atoms with Crippen molar-refractivity contribution < 1.29 is 13.9 Å². The van der Waals surface area contributed by atoms with Crippen LogP contribution in [0.1, 0.15) is 24.8 Å². The van der Waals surface area contributed by atoms with Crippen LogP contribution < -0.4 is 10.2 Å². The van der Waals surface area contributed by atoms with E-state index in [1.54, 1.807) is 0 Å². The van der Waals surface area contributed by atoms with Crippen molar-refractivity contribution in [2.75, 3.05) is 36.4 Å². The van der Waals surface area contributed by atoms with Crippen LogP contribution in [0.5, 0.6) is 0 Å².